The van der Waals surface area contributed by atoms with Crippen LogP contribution in [0.4, 0.5) is 0 Å². The molecule has 0 saturated carbocycles. The molecule has 0 bridgehead atoms. The maximum atomic E-state index is 9.69. The van der Waals surface area contributed by atoms with Crippen molar-refractivity contribution < 1.29 is 5.11 Å². The molecule has 0 aromatic carbocycles. The number of hydrogen-bond acceptors (Lipinski definition) is 3. The molecule has 0 fully saturated rings. The average molecular weight is 272 g/mol. The first-order chi connectivity index (χ1) is 8.92. The molecule has 0 aliphatic rings. The number of aliphatic hydroxyl groups is 1. The van der Waals surface area contributed by atoms with Crippen LogP contribution in [0.1, 0.15) is 60.3 Å². The minimum atomic E-state index is -0.0715. The van der Waals surface area contributed by atoms with Crippen molar-refractivity contribution in [3.63, 3.8) is 0 Å². The second kappa shape index (κ2) is 9.73. The van der Waals surface area contributed by atoms with Gasteiger partial charge in [0.05, 0.1) is 6.61 Å². The fraction of sp³-hybridized carbons (Fsp3) is 1.00. The molecule has 0 aliphatic carbocycles. The van der Waals surface area contributed by atoms with Gasteiger partial charge < -0.3 is 15.3 Å². The highest BCUT2D eigenvalue weighted by Gasteiger charge is 2.26. The van der Waals surface area contributed by atoms with Crippen LogP contribution in [0.5, 0.6) is 0 Å². The highest BCUT2D eigenvalue weighted by molar-refractivity contribution is 4.86. The first kappa shape index (κ1) is 18.9. The van der Waals surface area contributed by atoms with Gasteiger partial charge in [0.2, 0.25) is 0 Å². The molecule has 0 aromatic rings. The third-order valence-corrected chi connectivity index (χ3v) is 4.56. The van der Waals surface area contributed by atoms with Crippen LogP contribution in [-0.2, 0) is 0 Å². The summed E-state index contributed by atoms with van der Waals surface area (Å²) in [5.74, 6) is 0.692. The van der Waals surface area contributed by atoms with Gasteiger partial charge in [0, 0.05) is 11.6 Å². The van der Waals surface area contributed by atoms with Crippen LogP contribution in [0.15, 0.2) is 0 Å². The molecular weight excluding hydrogens is 236 g/mol. The van der Waals surface area contributed by atoms with Crippen LogP contribution in [0, 0.1) is 5.92 Å². The third kappa shape index (κ3) is 6.73. The molecule has 0 radical (unpaired) electrons. The van der Waals surface area contributed by atoms with E-state index in [1.807, 2.05) is 0 Å². The minimum Gasteiger partial charge on any atom is -0.394 e. The van der Waals surface area contributed by atoms with Crippen molar-refractivity contribution in [2.24, 2.45) is 5.92 Å². The van der Waals surface area contributed by atoms with Gasteiger partial charge in [-0.3, -0.25) is 0 Å². The second-order valence-electron chi connectivity index (χ2n) is 6.29. The zero-order chi connectivity index (χ0) is 14.9. The lowest BCUT2D eigenvalue weighted by Gasteiger charge is -2.34. The average Bonchev–Trinajstić information content (AvgIpc) is 2.41. The van der Waals surface area contributed by atoms with Gasteiger partial charge in [-0.2, -0.15) is 0 Å². The number of aliphatic hydroxyl groups excluding tert-OH is 1. The van der Waals surface area contributed by atoms with E-state index in [2.05, 4.69) is 51.9 Å². The van der Waals surface area contributed by atoms with E-state index in [1.165, 1.54) is 0 Å². The summed E-state index contributed by atoms with van der Waals surface area (Å²) in [6.45, 7) is 13.5. The van der Waals surface area contributed by atoms with Crippen molar-refractivity contribution in [2.75, 3.05) is 26.7 Å². The van der Waals surface area contributed by atoms with Gasteiger partial charge >= 0.3 is 0 Å². The van der Waals surface area contributed by atoms with Gasteiger partial charge in [-0.25, -0.2) is 0 Å². The van der Waals surface area contributed by atoms with Crippen molar-refractivity contribution in [2.45, 2.75) is 71.9 Å². The van der Waals surface area contributed by atoms with Crippen molar-refractivity contribution in [3.8, 4) is 0 Å². The lowest BCUT2D eigenvalue weighted by Crippen LogP contribution is -2.49. The van der Waals surface area contributed by atoms with E-state index in [0.717, 1.165) is 38.8 Å². The molecule has 0 amide bonds. The maximum Gasteiger partial charge on any atom is 0.0613 e. The van der Waals surface area contributed by atoms with Crippen molar-refractivity contribution in [1.29, 1.82) is 0 Å². The summed E-state index contributed by atoms with van der Waals surface area (Å²) in [4.78, 5) is 2.43. The van der Waals surface area contributed by atoms with Crippen LogP contribution in [0.2, 0.25) is 0 Å². The van der Waals surface area contributed by atoms with Crippen LogP contribution in [0.3, 0.4) is 0 Å². The Morgan fingerprint density at radius 2 is 1.84 bits per heavy atom. The van der Waals surface area contributed by atoms with Gasteiger partial charge in [-0.05, 0) is 58.7 Å². The number of nitrogens with one attached hydrogen (secondary N) is 1. The molecule has 0 aromatic heterocycles. The van der Waals surface area contributed by atoms with E-state index in [9.17, 15) is 5.11 Å². The Hall–Kier alpha value is -0.120. The number of nitrogens with zero attached hydrogens (tertiary/aromatic N) is 1. The van der Waals surface area contributed by atoms with Crippen molar-refractivity contribution in [1.82, 2.24) is 10.2 Å². The molecule has 0 heterocycles. The van der Waals surface area contributed by atoms with Gasteiger partial charge in [-0.1, -0.05) is 27.7 Å². The molecule has 2 unspecified atom stereocenters. The Labute approximate surface area is 120 Å². The SMILES string of the molecule is CCCNC(CC)(CO)CCCN(C)C(C)C(C)C. The summed E-state index contributed by atoms with van der Waals surface area (Å²) in [5.41, 5.74) is -0.0715. The molecule has 2 N–H and O–H groups in total. The van der Waals surface area contributed by atoms with Crippen molar-refractivity contribution >= 4 is 0 Å². The molecule has 19 heavy (non-hydrogen) atoms. The van der Waals surface area contributed by atoms with Crippen LogP contribution >= 0.6 is 0 Å². The molecule has 0 spiro atoms. The summed E-state index contributed by atoms with van der Waals surface area (Å²) >= 11 is 0. The number of rotatable bonds is 11. The number of hydrogen-bond donors (Lipinski definition) is 2. The van der Waals surface area contributed by atoms with E-state index in [4.69, 9.17) is 0 Å². The zero-order valence-corrected chi connectivity index (χ0v) is 14.0. The van der Waals surface area contributed by atoms with Crippen LogP contribution in [-0.4, -0.2) is 48.3 Å². The monoisotopic (exact) mass is 272 g/mol. The van der Waals surface area contributed by atoms with Gasteiger partial charge in [0.1, 0.15) is 0 Å². The molecule has 3 nitrogen and oxygen atoms in total. The van der Waals surface area contributed by atoms with E-state index >= 15 is 0 Å². The summed E-state index contributed by atoms with van der Waals surface area (Å²) < 4.78 is 0. The lowest BCUT2D eigenvalue weighted by molar-refractivity contribution is 0.134. The Balaban J connectivity index is 4.18. The first-order valence-electron chi connectivity index (χ1n) is 7.98. The largest absolute Gasteiger partial charge is 0.394 e. The fourth-order valence-corrected chi connectivity index (χ4v) is 2.41. The summed E-state index contributed by atoms with van der Waals surface area (Å²) in [7, 11) is 2.21. The van der Waals surface area contributed by atoms with E-state index < -0.39 is 0 Å². The maximum absolute atomic E-state index is 9.69. The molecule has 2 atom stereocenters. The van der Waals surface area contributed by atoms with Crippen LogP contribution in [0.25, 0.3) is 0 Å². The lowest BCUT2D eigenvalue weighted by atomic mass is 9.90. The normalized spacial score (nSPS) is 16.9. The topological polar surface area (TPSA) is 35.5 Å². The Kier molecular flexibility index (Phi) is 9.67. The van der Waals surface area contributed by atoms with E-state index in [0.29, 0.717) is 12.0 Å². The molecule has 3 heteroatoms. The van der Waals surface area contributed by atoms with E-state index in [-0.39, 0.29) is 12.1 Å². The minimum absolute atomic E-state index is 0.0715. The first-order valence-corrected chi connectivity index (χ1v) is 7.98. The molecule has 116 valence electrons. The zero-order valence-electron chi connectivity index (χ0n) is 14.0. The third-order valence-electron chi connectivity index (χ3n) is 4.56. The summed E-state index contributed by atoms with van der Waals surface area (Å²) in [5, 5.41) is 13.2. The predicted molar refractivity (Wildman–Crippen MR) is 84.6 cm³/mol. The standard InChI is InChI=1S/C16H36N2O/c1-7-11-17-16(8-2,13-19)10-9-12-18(6)15(5)14(3)4/h14-15,17,19H,7-13H2,1-6H3. The molecule has 0 aliphatic heterocycles. The second-order valence-corrected chi connectivity index (χ2v) is 6.29. The van der Waals surface area contributed by atoms with Gasteiger partial charge in [0.25, 0.3) is 0 Å². The van der Waals surface area contributed by atoms with Gasteiger partial charge in [0.15, 0.2) is 0 Å². The van der Waals surface area contributed by atoms with Crippen LogP contribution < -0.4 is 5.32 Å². The predicted octanol–water partition coefficient (Wildman–Crippen LogP) is 2.88. The quantitative estimate of drug-likeness (QED) is 0.607. The summed E-state index contributed by atoms with van der Waals surface area (Å²) in [6.07, 6.45) is 4.30. The highest BCUT2D eigenvalue weighted by Crippen LogP contribution is 2.18. The van der Waals surface area contributed by atoms with E-state index in [1.54, 1.807) is 0 Å². The summed E-state index contributed by atoms with van der Waals surface area (Å²) in [6, 6.07) is 0.619. The fourth-order valence-electron chi connectivity index (χ4n) is 2.41. The Bertz CT molecular complexity index is 215. The molecular formula is C16H36N2O. The Morgan fingerprint density at radius 3 is 2.26 bits per heavy atom. The van der Waals surface area contributed by atoms with Gasteiger partial charge in [-0.15, -0.1) is 0 Å². The molecule has 0 saturated heterocycles. The Morgan fingerprint density at radius 1 is 1.21 bits per heavy atom. The smallest absolute Gasteiger partial charge is 0.0613 e. The molecule has 0 rings (SSSR count). The highest BCUT2D eigenvalue weighted by atomic mass is 16.3. The van der Waals surface area contributed by atoms with Crippen molar-refractivity contribution in [3.05, 3.63) is 0 Å².